The molecule has 0 aliphatic heterocycles. The van der Waals surface area contributed by atoms with Crippen molar-refractivity contribution in [2.75, 3.05) is 12.3 Å². The highest BCUT2D eigenvalue weighted by atomic mass is 16.6. The SMILES string of the molecule is CCCOc1c(N)cccc1C(=O)OC(C)(C)C. The predicted octanol–water partition coefficient (Wildman–Crippen LogP) is 3.01. The number of anilines is 1. The molecule has 0 atom stereocenters. The lowest BCUT2D eigenvalue weighted by Crippen LogP contribution is -2.24. The molecule has 0 spiro atoms. The number of carbonyl (C=O) groups is 1. The van der Waals surface area contributed by atoms with Gasteiger partial charge in [0, 0.05) is 0 Å². The van der Waals surface area contributed by atoms with E-state index in [1.807, 2.05) is 27.7 Å². The molecule has 0 fully saturated rings. The number of carbonyl (C=O) groups excluding carboxylic acids is 1. The quantitative estimate of drug-likeness (QED) is 0.660. The number of para-hydroxylation sites is 1. The van der Waals surface area contributed by atoms with E-state index >= 15 is 0 Å². The van der Waals surface area contributed by atoms with Gasteiger partial charge in [-0.05, 0) is 39.3 Å². The van der Waals surface area contributed by atoms with Crippen LogP contribution in [0.25, 0.3) is 0 Å². The van der Waals surface area contributed by atoms with Crippen molar-refractivity contribution in [3.05, 3.63) is 23.8 Å². The Kier molecular flexibility index (Phi) is 4.59. The summed E-state index contributed by atoms with van der Waals surface area (Å²) in [6.07, 6.45) is 0.849. The first-order chi connectivity index (χ1) is 8.35. The van der Waals surface area contributed by atoms with Crippen molar-refractivity contribution < 1.29 is 14.3 Å². The zero-order valence-electron chi connectivity index (χ0n) is 11.4. The average molecular weight is 251 g/mol. The molecule has 100 valence electrons. The minimum absolute atomic E-state index is 0.373. The van der Waals surface area contributed by atoms with Gasteiger partial charge >= 0.3 is 5.97 Å². The third kappa shape index (κ3) is 3.95. The third-order valence-corrected chi connectivity index (χ3v) is 2.11. The molecule has 0 aromatic heterocycles. The van der Waals surface area contributed by atoms with Gasteiger partial charge in [0.2, 0.25) is 0 Å². The van der Waals surface area contributed by atoms with Gasteiger partial charge < -0.3 is 15.2 Å². The minimum Gasteiger partial charge on any atom is -0.491 e. The Bertz CT molecular complexity index is 422. The summed E-state index contributed by atoms with van der Waals surface area (Å²) in [5, 5.41) is 0. The van der Waals surface area contributed by atoms with Crippen LogP contribution in [0.1, 0.15) is 44.5 Å². The highest BCUT2D eigenvalue weighted by Gasteiger charge is 2.22. The summed E-state index contributed by atoms with van der Waals surface area (Å²) in [6, 6.07) is 5.09. The molecule has 0 aliphatic carbocycles. The maximum Gasteiger partial charge on any atom is 0.342 e. The van der Waals surface area contributed by atoms with Crippen molar-refractivity contribution in [3.63, 3.8) is 0 Å². The smallest absolute Gasteiger partial charge is 0.342 e. The standard InChI is InChI=1S/C14H21NO3/c1-5-9-17-12-10(7-6-8-11(12)15)13(16)18-14(2,3)4/h6-8H,5,9,15H2,1-4H3. The second-order valence-corrected chi connectivity index (χ2v) is 5.07. The minimum atomic E-state index is -0.538. The van der Waals surface area contributed by atoms with E-state index in [9.17, 15) is 4.79 Å². The van der Waals surface area contributed by atoms with Crippen molar-refractivity contribution in [2.45, 2.75) is 39.7 Å². The fourth-order valence-corrected chi connectivity index (χ4v) is 1.41. The summed E-state index contributed by atoms with van der Waals surface area (Å²) in [5.74, 6) is -0.00509. The molecule has 1 aromatic rings. The molecule has 0 saturated heterocycles. The van der Waals surface area contributed by atoms with E-state index in [4.69, 9.17) is 15.2 Å². The molecule has 0 heterocycles. The first-order valence-corrected chi connectivity index (χ1v) is 6.09. The van der Waals surface area contributed by atoms with Gasteiger partial charge in [-0.3, -0.25) is 0 Å². The molecule has 0 radical (unpaired) electrons. The number of hydrogen-bond acceptors (Lipinski definition) is 4. The van der Waals surface area contributed by atoms with E-state index in [0.717, 1.165) is 6.42 Å². The highest BCUT2D eigenvalue weighted by molar-refractivity contribution is 5.94. The first kappa shape index (κ1) is 14.4. The third-order valence-electron chi connectivity index (χ3n) is 2.11. The Hall–Kier alpha value is -1.71. The van der Waals surface area contributed by atoms with Gasteiger partial charge in [0.25, 0.3) is 0 Å². The molecule has 4 heteroatoms. The van der Waals surface area contributed by atoms with Crippen molar-refractivity contribution in [2.24, 2.45) is 0 Å². The average Bonchev–Trinajstić information content (AvgIpc) is 2.24. The van der Waals surface area contributed by atoms with Crippen LogP contribution in [0.15, 0.2) is 18.2 Å². The number of rotatable bonds is 4. The van der Waals surface area contributed by atoms with Gasteiger partial charge in [0.15, 0.2) is 5.75 Å². The Morgan fingerprint density at radius 3 is 2.56 bits per heavy atom. The van der Waals surface area contributed by atoms with Gasteiger partial charge in [-0.2, -0.15) is 0 Å². The van der Waals surface area contributed by atoms with Crippen molar-refractivity contribution in [1.29, 1.82) is 0 Å². The fourth-order valence-electron chi connectivity index (χ4n) is 1.41. The Morgan fingerprint density at radius 2 is 2.00 bits per heavy atom. The summed E-state index contributed by atoms with van der Waals surface area (Å²) in [4.78, 5) is 12.0. The van der Waals surface area contributed by atoms with Gasteiger partial charge in [-0.1, -0.05) is 13.0 Å². The maximum absolute atomic E-state index is 12.0. The largest absolute Gasteiger partial charge is 0.491 e. The van der Waals surface area contributed by atoms with E-state index in [0.29, 0.717) is 23.6 Å². The van der Waals surface area contributed by atoms with Crippen molar-refractivity contribution in [1.82, 2.24) is 0 Å². The van der Waals surface area contributed by atoms with Crippen LogP contribution < -0.4 is 10.5 Å². The zero-order chi connectivity index (χ0) is 13.8. The van der Waals surface area contributed by atoms with E-state index in [1.54, 1.807) is 18.2 Å². The lowest BCUT2D eigenvalue weighted by atomic mass is 10.1. The number of nitrogen functional groups attached to an aromatic ring is 1. The normalized spacial score (nSPS) is 11.1. The van der Waals surface area contributed by atoms with Crippen LogP contribution in [0, 0.1) is 0 Å². The maximum atomic E-state index is 12.0. The summed E-state index contributed by atoms with van der Waals surface area (Å²) in [7, 11) is 0. The number of ether oxygens (including phenoxy) is 2. The molecule has 2 N–H and O–H groups in total. The van der Waals surface area contributed by atoms with Crippen LogP contribution in [-0.4, -0.2) is 18.2 Å². The molecule has 0 unspecified atom stereocenters. The Labute approximate surface area is 108 Å². The molecule has 1 aromatic carbocycles. The topological polar surface area (TPSA) is 61.5 Å². The van der Waals surface area contributed by atoms with Crippen LogP contribution in [0.5, 0.6) is 5.75 Å². The van der Waals surface area contributed by atoms with E-state index in [-0.39, 0.29) is 0 Å². The van der Waals surface area contributed by atoms with Crippen molar-refractivity contribution >= 4 is 11.7 Å². The van der Waals surface area contributed by atoms with Gasteiger partial charge in [0.05, 0.1) is 12.3 Å². The first-order valence-electron chi connectivity index (χ1n) is 6.09. The number of benzene rings is 1. The molecule has 0 aliphatic rings. The second kappa shape index (κ2) is 5.76. The van der Waals surface area contributed by atoms with Crippen LogP contribution in [-0.2, 0) is 4.74 Å². The molecule has 4 nitrogen and oxygen atoms in total. The molecular weight excluding hydrogens is 230 g/mol. The fraction of sp³-hybridized carbons (Fsp3) is 0.500. The number of hydrogen-bond donors (Lipinski definition) is 1. The summed E-state index contributed by atoms with van der Waals surface area (Å²) in [5.41, 5.74) is 6.12. The monoisotopic (exact) mass is 251 g/mol. The number of nitrogens with two attached hydrogens (primary N) is 1. The zero-order valence-corrected chi connectivity index (χ0v) is 11.4. The Balaban J connectivity index is 3.00. The molecule has 0 amide bonds. The summed E-state index contributed by atoms with van der Waals surface area (Å²) >= 11 is 0. The highest BCUT2D eigenvalue weighted by Crippen LogP contribution is 2.28. The lowest BCUT2D eigenvalue weighted by Gasteiger charge is -2.21. The molecule has 0 bridgehead atoms. The van der Waals surface area contributed by atoms with E-state index in [1.165, 1.54) is 0 Å². The molecule has 18 heavy (non-hydrogen) atoms. The predicted molar refractivity (Wildman–Crippen MR) is 71.8 cm³/mol. The summed E-state index contributed by atoms with van der Waals surface area (Å²) in [6.45, 7) is 7.98. The van der Waals surface area contributed by atoms with Gasteiger partial charge in [-0.25, -0.2) is 4.79 Å². The summed E-state index contributed by atoms with van der Waals surface area (Å²) < 4.78 is 10.9. The number of esters is 1. The van der Waals surface area contributed by atoms with E-state index in [2.05, 4.69) is 0 Å². The Morgan fingerprint density at radius 1 is 1.33 bits per heavy atom. The van der Waals surface area contributed by atoms with Crippen LogP contribution in [0.2, 0.25) is 0 Å². The molecular formula is C14H21NO3. The molecule has 1 rings (SSSR count). The van der Waals surface area contributed by atoms with Crippen LogP contribution >= 0.6 is 0 Å². The van der Waals surface area contributed by atoms with E-state index < -0.39 is 11.6 Å². The van der Waals surface area contributed by atoms with Crippen LogP contribution in [0.3, 0.4) is 0 Å². The van der Waals surface area contributed by atoms with Gasteiger partial charge in [-0.15, -0.1) is 0 Å². The van der Waals surface area contributed by atoms with Gasteiger partial charge in [0.1, 0.15) is 11.2 Å². The van der Waals surface area contributed by atoms with Crippen LogP contribution in [0.4, 0.5) is 5.69 Å². The molecule has 0 saturated carbocycles. The lowest BCUT2D eigenvalue weighted by molar-refractivity contribution is 0.00659. The second-order valence-electron chi connectivity index (χ2n) is 5.07. The van der Waals surface area contributed by atoms with Crippen molar-refractivity contribution in [3.8, 4) is 5.75 Å².